The van der Waals surface area contributed by atoms with Gasteiger partial charge in [-0.15, -0.1) is 11.8 Å². The zero-order chi connectivity index (χ0) is 31.7. The smallest absolute Gasteiger partial charge is 0.244 e. The van der Waals surface area contributed by atoms with Crippen LogP contribution < -0.4 is 21.3 Å². The maximum Gasteiger partial charge on any atom is 0.244 e. The maximum absolute atomic E-state index is 12.8. The largest absolute Gasteiger partial charge is 0.344 e. The van der Waals surface area contributed by atoms with Gasteiger partial charge in [0, 0.05) is 29.6 Å². The highest BCUT2D eigenvalue weighted by Gasteiger charge is 2.33. The van der Waals surface area contributed by atoms with Crippen molar-refractivity contribution in [3.05, 3.63) is 86.8 Å². The lowest BCUT2D eigenvalue weighted by Crippen LogP contribution is -2.51. The van der Waals surface area contributed by atoms with Gasteiger partial charge in [-0.25, -0.2) is 0 Å². The van der Waals surface area contributed by atoms with Gasteiger partial charge in [0.2, 0.25) is 17.7 Å². The lowest BCUT2D eigenvalue weighted by molar-refractivity contribution is -0.131. The minimum absolute atomic E-state index is 0.0520. The first-order valence-corrected chi connectivity index (χ1v) is 17.7. The Balaban J connectivity index is 0.000000292. The minimum Gasteiger partial charge on any atom is -0.344 e. The summed E-state index contributed by atoms with van der Waals surface area (Å²) >= 11 is 3.54. The van der Waals surface area contributed by atoms with Crippen molar-refractivity contribution in [1.82, 2.24) is 21.3 Å². The molecule has 238 valence electrons. The van der Waals surface area contributed by atoms with Gasteiger partial charge in [0.15, 0.2) is 0 Å². The third kappa shape index (κ3) is 11.2. The molecule has 7 nitrogen and oxygen atoms in total. The third-order valence-corrected chi connectivity index (χ3v) is 9.72. The minimum atomic E-state index is -0.655. The van der Waals surface area contributed by atoms with Gasteiger partial charge < -0.3 is 21.3 Å². The van der Waals surface area contributed by atoms with Crippen molar-refractivity contribution in [2.24, 2.45) is 11.8 Å². The Hall–Kier alpha value is -2.97. The first-order chi connectivity index (χ1) is 21.4. The third-order valence-electron chi connectivity index (χ3n) is 7.62. The molecule has 3 atom stereocenters. The van der Waals surface area contributed by atoms with Crippen LogP contribution in [0.4, 0.5) is 0 Å². The summed E-state index contributed by atoms with van der Waals surface area (Å²) in [6.07, 6.45) is 22.5. The molecule has 0 saturated carbocycles. The van der Waals surface area contributed by atoms with E-state index in [0.717, 1.165) is 50.8 Å². The van der Waals surface area contributed by atoms with E-state index in [1.807, 2.05) is 13.8 Å². The molecular weight excluding hydrogens is 589 g/mol. The summed E-state index contributed by atoms with van der Waals surface area (Å²) in [6.45, 7) is 9.28. The van der Waals surface area contributed by atoms with Crippen LogP contribution >= 0.6 is 23.5 Å². The number of hydrogen-bond acceptors (Lipinski definition) is 6. The Kier molecular flexibility index (Phi) is 15.7. The summed E-state index contributed by atoms with van der Waals surface area (Å²) in [5.41, 5.74) is 7.24. The second-order valence-corrected chi connectivity index (χ2v) is 12.7. The quantitative estimate of drug-likeness (QED) is 0.144. The first kappa shape index (κ1) is 35.5. The highest BCUT2D eigenvalue weighted by atomic mass is 32.2. The predicted octanol–water partition coefficient (Wildman–Crippen LogP) is 6.18. The SMILES string of the molecule is CC.CC(=O)NCNC(=O)[C@@H](CC1=CSC2C=CCC=CC12)NC(=O)C1CCNCC1.CCC1=CSC2=C=C1/C=C\C/C=C\2. The molecule has 0 aromatic heterocycles. The molecule has 3 amide bonds. The second-order valence-electron chi connectivity index (χ2n) is 10.7. The molecule has 0 spiro atoms. The summed E-state index contributed by atoms with van der Waals surface area (Å²) in [6, 6.07) is -0.655. The summed E-state index contributed by atoms with van der Waals surface area (Å²) in [7, 11) is 0. The van der Waals surface area contributed by atoms with Crippen LogP contribution in [0.25, 0.3) is 0 Å². The molecular formula is C35H48N4O3S2. The Morgan fingerprint density at radius 2 is 1.73 bits per heavy atom. The highest BCUT2D eigenvalue weighted by molar-refractivity contribution is 8.06. The molecule has 3 aliphatic heterocycles. The van der Waals surface area contributed by atoms with E-state index in [0.29, 0.717) is 11.7 Å². The number of thioether (sulfide) groups is 2. The van der Waals surface area contributed by atoms with Gasteiger partial charge in [-0.2, -0.15) is 0 Å². The van der Waals surface area contributed by atoms with Crippen molar-refractivity contribution in [2.45, 2.75) is 77.5 Å². The lowest BCUT2D eigenvalue weighted by atomic mass is 9.90. The molecule has 4 N–H and O–H groups in total. The van der Waals surface area contributed by atoms with Crippen molar-refractivity contribution in [3.8, 4) is 0 Å². The summed E-state index contributed by atoms with van der Waals surface area (Å²) in [5.74, 6) is -0.370. The van der Waals surface area contributed by atoms with Crippen LogP contribution in [0.15, 0.2) is 86.8 Å². The van der Waals surface area contributed by atoms with Crippen LogP contribution in [0.2, 0.25) is 0 Å². The molecule has 2 aliphatic carbocycles. The van der Waals surface area contributed by atoms with Gasteiger partial charge in [-0.1, -0.05) is 86.4 Å². The van der Waals surface area contributed by atoms with Gasteiger partial charge in [-0.3, -0.25) is 14.4 Å². The van der Waals surface area contributed by atoms with Gasteiger partial charge >= 0.3 is 0 Å². The van der Waals surface area contributed by atoms with Crippen LogP contribution in [0.1, 0.15) is 66.2 Å². The first-order valence-electron chi connectivity index (χ1n) is 15.9. The number of amides is 3. The number of nitrogens with one attached hydrogen (secondary N) is 4. The topological polar surface area (TPSA) is 99.3 Å². The number of piperidine rings is 1. The van der Waals surface area contributed by atoms with E-state index in [2.05, 4.69) is 93.3 Å². The Labute approximate surface area is 272 Å². The normalized spacial score (nSPS) is 23.8. The Morgan fingerprint density at radius 1 is 1.00 bits per heavy atom. The molecule has 3 heterocycles. The van der Waals surface area contributed by atoms with Gasteiger partial charge in [0.25, 0.3) is 0 Å². The zero-order valence-electron chi connectivity index (χ0n) is 26.5. The van der Waals surface area contributed by atoms with Crippen molar-refractivity contribution >= 4 is 41.2 Å². The van der Waals surface area contributed by atoms with E-state index < -0.39 is 6.04 Å². The molecule has 0 radical (unpaired) electrons. The molecule has 9 heteroatoms. The van der Waals surface area contributed by atoms with E-state index in [4.69, 9.17) is 0 Å². The Morgan fingerprint density at radius 3 is 2.48 bits per heavy atom. The fraction of sp³-hybridized carbons (Fsp3) is 0.486. The van der Waals surface area contributed by atoms with E-state index >= 15 is 0 Å². The molecule has 2 bridgehead atoms. The van der Waals surface area contributed by atoms with Crippen LogP contribution in [-0.2, 0) is 14.4 Å². The number of fused-ring (bicyclic) bond motifs is 1. The van der Waals surface area contributed by atoms with Crippen LogP contribution in [0.3, 0.4) is 0 Å². The average Bonchev–Trinajstić information content (AvgIpc) is 3.25. The summed E-state index contributed by atoms with van der Waals surface area (Å²) < 4.78 is 0. The highest BCUT2D eigenvalue weighted by Crippen LogP contribution is 2.40. The fourth-order valence-corrected chi connectivity index (χ4v) is 7.35. The molecule has 2 unspecified atom stereocenters. The predicted molar refractivity (Wildman–Crippen MR) is 186 cm³/mol. The molecule has 5 rings (SSSR count). The van der Waals surface area contributed by atoms with E-state index in [1.54, 1.807) is 23.5 Å². The van der Waals surface area contributed by atoms with Crippen LogP contribution in [0.5, 0.6) is 0 Å². The average molecular weight is 637 g/mol. The van der Waals surface area contributed by atoms with E-state index in [1.165, 1.54) is 23.0 Å². The van der Waals surface area contributed by atoms with E-state index in [-0.39, 0.29) is 36.2 Å². The molecule has 1 saturated heterocycles. The van der Waals surface area contributed by atoms with Crippen molar-refractivity contribution in [2.75, 3.05) is 19.8 Å². The van der Waals surface area contributed by atoms with Gasteiger partial charge in [0.05, 0.1) is 11.6 Å². The van der Waals surface area contributed by atoms with Crippen molar-refractivity contribution in [3.63, 3.8) is 0 Å². The van der Waals surface area contributed by atoms with Gasteiger partial charge in [-0.05, 0) is 74.1 Å². The maximum atomic E-state index is 12.8. The monoisotopic (exact) mass is 636 g/mol. The fourth-order valence-electron chi connectivity index (χ4n) is 5.22. The van der Waals surface area contributed by atoms with E-state index in [9.17, 15) is 14.4 Å². The van der Waals surface area contributed by atoms with Crippen molar-refractivity contribution in [1.29, 1.82) is 0 Å². The van der Waals surface area contributed by atoms with Crippen molar-refractivity contribution < 1.29 is 14.4 Å². The lowest BCUT2D eigenvalue weighted by Gasteiger charge is -2.26. The zero-order valence-corrected chi connectivity index (χ0v) is 28.1. The molecule has 5 aliphatic rings. The van der Waals surface area contributed by atoms with Gasteiger partial charge in [0.1, 0.15) is 6.04 Å². The van der Waals surface area contributed by atoms with Crippen LogP contribution in [-0.4, -0.2) is 48.8 Å². The standard InChI is InChI=1S/C21H30N4O3S.C12H12S.C2H6/c1-14(26)23-13-24-21(28)18(25-20(27)15-7-9-22-10-8-15)11-16-12-29-19-6-4-2-3-5-17(16)19;1-2-10-9-13-12-7-5-3-4-6-11(10)8-12;1-2/h3-6,12,15,17-19,22H,2,7-11,13H2,1H3,(H,23,26)(H,24,28)(H,25,27);4-7,9H,2-3H2,1H3;1-2H3/b;6-4-,7-5-;/t17?,18-,19?;;/m1../s1. The number of hydrogen-bond donors (Lipinski definition) is 4. The summed E-state index contributed by atoms with van der Waals surface area (Å²) in [4.78, 5) is 37.9. The molecule has 44 heavy (non-hydrogen) atoms. The summed E-state index contributed by atoms with van der Waals surface area (Å²) in [5, 5.41) is 16.2. The number of carbonyl (C=O) groups is 3. The molecule has 0 aromatic carbocycles. The second kappa shape index (κ2) is 19.4. The number of rotatable bonds is 8. The Bertz CT molecular complexity index is 1260. The van der Waals surface area contributed by atoms with Crippen LogP contribution in [0, 0.1) is 11.8 Å². The molecule has 1 fully saturated rings. The molecule has 0 aromatic rings. The number of allylic oxidation sites excluding steroid dienone is 8. The number of carbonyl (C=O) groups excluding carboxylic acids is 3.